The smallest absolute Gasteiger partial charge is 0.294 e. The topological polar surface area (TPSA) is 70.7 Å². The molecule has 2 heterocycles. The average Bonchev–Trinajstić information content (AvgIpc) is 3.32. The van der Waals surface area contributed by atoms with E-state index in [1.54, 1.807) is 48.5 Å². The lowest BCUT2D eigenvalue weighted by molar-refractivity contribution is -0.117. The standard InChI is InChI=1S/C26H18ClNO4/c1-15-6-5-7-16(12-15)23-22(25(30)26(31)28(23)19-8-3-2-4-9-19)24(29)21-14-17-13-18(27)10-11-20(17)32-21/h2-14,23,30H,1H3. The van der Waals surface area contributed by atoms with Crippen LogP contribution in [0.1, 0.15) is 27.7 Å². The maximum absolute atomic E-state index is 13.6. The van der Waals surface area contributed by atoms with Gasteiger partial charge in [0.25, 0.3) is 5.91 Å². The monoisotopic (exact) mass is 443 g/mol. The maximum atomic E-state index is 13.6. The highest BCUT2D eigenvalue weighted by Crippen LogP contribution is 2.42. The zero-order valence-electron chi connectivity index (χ0n) is 17.1. The first-order valence-electron chi connectivity index (χ1n) is 10.1. The number of furan rings is 1. The minimum Gasteiger partial charge on any atom is -0.503 e. The summed E-state index contributed by atoms with van der Waals surface area (Å²) in [6.45, 7) is 1.93. The first kappa shape index (κ1) is 20.1. The minimum absolute atomic E-state index is 0.0189. The molecule has 5 rings (SSSR count). The highest BCUT2D eigenvalue weighted by molar-refractivity contribution is 6.31. The van der Waals surface area contributed by atoms with Crippen molar-refractivity contribution >= 4 is 39.9 Å². The summed E-state index contributed by atoms with van der Waals surface area (Å²) in [5.74, 6) is -1.73. The number of benzene rings is 3. The highest BCUT2D eigenvalue weighted by atomic mass is 35.5. The summed E-state index contributed by atoms with van der Waals surface area (Å²) in [7, 11) is 0. The molecular weight excluding hydrogens is 426 g/mol. The van der Waals surface area contributed by atoms with Gasteiger partial charge in [0.15, 0.2) is 11.5 Å². The molecule has 1 aliphatic rings. The first-order chi connectivity index (χ1) is 15.4. The van der Waals surface area contributed by atoms with Crippen molar-refractivity contribution in [3.63, 3.8) is 0 Å². The van der Waals surface area contributed by atoms with Crippen LogP contribution in [0.4, 0.5) is 5.69 Å². The number of carbonyl (C=O) groups excluding carboxylic acids is 2. The van der Waals surface area contributed by atoms with Crippen LogP contribution in [-0.2, 0) is 4.79 Å². The van der Waals surface area contributed by atoms with Crippen molar-refractivity contribution in [2.75, 3.05) is 4.90 Å². The molecule has 0 saturated heterocycles. The molecule has 0 fully saturated rings. The molecular formula is C26H18ClNO4. The number of carbonyl (C=O) groups is 2. The Balaban J connectivity index is 1.67. The van der Waals surface area contributed by atoms with E-state index < -0.39 is 23.5 Å². The van der Waals surface area contributed by atoms with Gasteiger partial charge in [-0.1, -0.05) is 59.6 Å². The van der Waals surface area contributed by atoms with Gasteiger partial charge < -0.3 is 9.52 Å². The lowest BCUT2D eigenvalue weighted by Gasteiger charge is -2.27. The Morgan fingerprint density at radius 2 is 1.78 bits per heavy atom. The SMILES string of the molecule is Cc1cccc(C2C(C(=O)c3cc4cc(Cl)ccc4o3)=C(O)C(=O)N2c2ccccc2)c1. The van der Waals surface area contributed by atoms with E-state index in [-0.39, 0.29) is 11.3 Å². The fourth-order valence-corrected chi connectivity index (χ4v) is 4.29. The van der Waals surface area contributed by atoms with Crippen LogP contribution in [0.2, 0.25) is 5.02 Å². The summed E-state index contributed by atoms with van der Waals surface area (Å²) in [5.41, 5.74) is 2.74. The molecule has 0 bridgehead atoms. The number of aryl methyl sites for hydroxylation is 1. The molecule has 0 spiro atoms. The predicted octanol–water partition coefficient (Wildman–Crippen LogP) is 6.18. The fourth-order valence-electron chi connectivity index (χ4n) is 4.11. The van der Waals surface area contributed by atoms with E-state index in [0.29, 0.717) is 27.2 Å². The van der Waals surface area contributed by atoms with Crippen LogP contribution in [0, 0.1) is 6.92 Å². The molecule has 5 nitrogen and oxygen atoms in total. The third-order valence-corrected chi connectivity index (χ3v) is 5.78. The van der Waals surface area contributed by atoms with E-state index >= 15 is 0 Å². The Bertz CT molecular complexity index is 1400. The number of nitrogens with zero attached hydrogens (tertiary/aromatic N) is 1. The van der Waals surface area contributed by atoms with Gasteiger partial charge in [0, 0.05) is 16.1 Å². The number of Topliss-reactive ketones (excluding diaryl/α,β-unsaturated/α-hetero) is 1. The Labute approximate surface area is 189 Å². The Morgan fingerprint density at radius 1 is 1.00 bits per heavy atom. The van der Waals surface area contributed by atoms with Gasteiger partial charge in [-0.2, -0.15) is 0 Å². The zero-order chi connectivity index (χ0) is 22.4. The lowest BCUT2D eigenvalue weighted by atomic mass is 9.94. The number of aliphatic hydroxyl groups excluding tert-OH is 1. The molecule has 6 heteroatoms. The largest absolute Gasteiger partial charge is 0.503 e. The van der Waals surface area contributed by atoms with Gasteiger partial charge in [-0.15, -0.1) is 0 Å². The summed E-state index contributed by atoms with van der Waals surface area (Å²) in [5, 5.41) is 12.0. The Morgan fingerprint density at radius 3 is 2.53 bits per heavy atom. The third kappa shape index (κ3) is 3.27. The van der Waals surface area contributed by atoms with Crippen molar-refractivity contribution in [2.45, 2.75) is 13.0 Å². The third-order valence-electron chi connectivity index (χ3n) is 5.55. The number of ketones is 1. The summed E-state index contributed by atoms with van der Waals surface area (Å²) >= 11 is 6.05. The summed E-state index contributed by atoms with van der Waals surface area (Å²) in [6.07, 6.45) is 0. The second-order valence-corrected chi connectivity index (χ2v) is 8.15. The molecule has 1 aromatic heterocycles. The number of hydrogen-bond acceptors (Lipinski definition) is 4. The van der Waals surface area contributed by atoms with Crippen LogP contribution in [0.3, 0.4) is 0 Å². The molecule has 1 amide bonds. The molecule has 0 saturated carbocycles. The van der Waals surface area contributed by atoms with Crippen molar-refractivity contribution in [1.29, 1.82) is 0 Å². The van der Waals surface area contributed by atoms with E-state index in [9.17, 15) is 14.7 Å². The molecule has 3 aromatic carbocycles. The van der Waals surface area contributed by atoms with Crippen molar-refractivity contribution < 1.29 is 19.1 Å². The molecule has 1 unspecified atom stereocenters. The molecule has 1 atom stereocenters. The summed E-state index contributed by atoms with van der Waals surface area (Å²) in [6, 6.07) is 22.3. The Kier molecular flexibility index (Phi) is 4.83. The predicted molar refractivity (Wildman–Crippen MR) is 123 cm³/mol. The van der Waals surface area contributed by atoms with E-state index in [1.807, 2.05) is 37.3 Å². The van der Waals surface area contributed by atoms with Crippen molar-refractivity contribution in [3.05, 3.63) is 112 Å². The lowest BCUT2D eigenvalue weighted by Crippen LogP contribution is -2.31. The Hall–Kier alpha value is -3.83. The van der Waals surface area contributed by atoms with E-state index in [0.717, 1.165) is 5.56 Å². The van der Waals surface area contributed by atoms with Gasteiger partial charge in [-0.05, 0) is 48.9 Å². The summed E-state index contributed by atoms with van der Waals surface area (Å²) < 4.78 is 5.75. The summed E-state index contributed by atoms with van der Waals surface area (Å²) in [4.78, 5) is 28.2. The number of halogens is 1. The highest BCUT2D eigenvalue weighted by Gasteiger charge is 2.45. The van der Waals surface area contributed by atoms with Crippen molar-refractivity contribution in [2.24, 2.45) is 0 Å². The van der Waals surface area contributed by atoms with Gasteiger partial charge in [0.1, 0.15) is 5.58 Å². The second-order valence-electron chi connectivity index (χ2n) is 7.71. The molecule has 1 aliphatic heterocycles. The fraction of sp³-hybridized carbons (Fsp3) is 0.0769. The van der Waals surface area contributed by atoms with E-state index in [1.165, 1.54) is 4.90 Å². The zero-order valence-corrected chi connectivity index (χ0v) is 17.8. The van der Waals surface area contributed by atoms with Crippen molar-refractivity contribution in [3.8, 4) is 0 Å². The quantitative estimate of drug-likeness (QED) is 0.382. The van der Waals surface area contributed by atoms with Crippen LogP contribution < -0.4 is 4.90 Å². The number of aliphatic hydroxyl groups is 1. The molecule has 0 aliphatic carbocycles. The molecule has 32 heavy (non-hydrogen) atoms. The maximum Gasteiger partial charge on any atom is 0.294 e. The average molecular weight is 444 g/mol. The number of hydrogen-bond donors (Lipinski definition) is 1. The number of amides is 1. The van der Waals surface area contributed by atoms with Gasteiger partial charge >= 0.3 is 0 Å². The van der Waals surface area contributed by atoms with Crippen LogP contribution in [0.15, 0.2) is 94.6 Å². The van der Waals surface area contributed by atoms with Crippen LogP contribution >= 0.6 is 11.6 Å². The number of para-hydroxylation sites is 1. The minimum atomic E-state index is -0.797. The molecule has 1 N–H and O–H groups in total. The van der Waals surface area contributed by atoms with Gasteiger partial charge in [0.05, 0.1) is 11.6 Å². The van der Waals surface area contributed by atoms with Gasteiger partial charge in [0.2, 0.25) is 5.78 Å². The van der Waals surface area contributed by atoms with Gasteiger partial charge in [-0.25, -0.2) is 0 Å². The molecule has 158 valence electrons. The van der Waals surface area contributed by atoms with E-state index in [2.05, 4.69) is 0 Å². The van der Waals surface area contributed by atoms with Crippen LogP contribution in [0.5, 0.6) is 0 Å². The normalized spacial score (nSPS) is 16.2. The van der Waals surface area contributed by atoms with Crippen LogP contribution in [0.25, 0.3) is 11.0 Å². The number of rotatable bonds is 4. The second kappa shape index (κ2) is 7.70. The molecule has 4 aromatic rings. The van der Waals surface area contributed by atoms with Crippen LogP contribution in [-0.4, -0.2) is 16.8 Å². The first-order valence-corrected chi connectivity index (χ1v) is 10.4. The van der Waals surface area contributed by atoms with E-state index in [4.69, 9.17) is 16.0 Å². The number of fused-ring (bicyclic) bond motifs is 1. The number of anilines is 1. The van der Waals surface area contributed by atoms with Crippen molar-refractivity contribution in [1.82, 2.24) is 0 Å². The van der Waals surface area contributed by atoms with Gasteiger partial charge in [-0.3, -0.25) is 14.5 Å². The molecule has 0 radical (unpaired) electrons.